The minimum absolute atomic E-state index is 0.438. The number of benzene rings is 1. The van der Waals surface area contributed by atoms with E-state index in [4.69, 9.17) is 23.2 Å². The van der Waals surface area contributed by atoms with Crippen LogP contribution in [0.4, 0.5) is 0 Å². The normalized spacial score (nSPS) is 13.0. The molecular weight excluding hydrogens is 267 g/mol. The van der Waals surface area contributed by atoms with E-state index in [-0.39, 0.29) is 0 Å². The van der Waals surface area contributed by atoms with Crippen molar-refractivity contribution in [3.63, 3.8) is 0 Å². The zero-order chi connectivity index (χ0) is 13.5. The second-order valence-electron chi connectivity index (χ2n) is 4.76. The molecule has 102 valence electrons. The first-order valence-corrected chi connectivity index (χ1v) is 7.11. The molecule has 0 aliphatic rings. The van der Waals surface area contributed by atoms with Crippen LogP contribution in [0.25, 0.3) is 0 Å². The molecule has 0 heterocycles. The van der Waals surface area contributed by atoms with Gasteiger partial charge in [0.05, 0.1) is 10.0 Å². The van der Waals surface area contributed by atoms with Crippen LogP contribution in [0.1, 0.15) is 18.9 Å². The summed E-state index contributed by atoms with van der Waals surface area (Å²) < 4.78 is 0. The van der Waals surface area contributed by atoms with Gasteiger partial charge in [0, 0.05) is 6.04 Å². The SMILES string of the molecule is CCNC(CCN(C)C)Cc1cccc(Cl)c1Cl. The number of halogens is 2. The number of hydrogen-bond donors (Lipinski definition) is 1. The minimum Gasteiger partial charge on any atom is -0.314 e. The van der Waals surface area contributed by atoms with Crippen LogP contribution in [-0.4, -0.2) is 38.1 Å². The monoisotopic (exact) mass is 288 g/mol. The van der Waals surface area contributed by atoms with Crippen LogP contribution in [0, 0.1) is 0 Å². The molecular formula is C14H22Cl2N2. The number of hydrogen-bond acceptors (Lipinski definition) is 2. The molecule has 18 heavy (non-hydrogen) atoms. The zero-order valence-corrected chi connectivity index (χ0v) is 12.9. The van der Waals surface area contributed by atoms with Crippen molar-refractivity contribution >= 4 is 23.2 Å². The maximum absolute atomic E-state index is 6.23. The lowest BCUT2D eigenvalue weighted by Crippen LogP contribution is -2.34. The topological polar surface area (TPSA) is 15.3 Å². The molecule has 0 fully saturated rings. The quantitative estimate of drug-likeness (QED) is 0.827. The average Bonchev–Trinajstić information content (AvgIpc) is 2.32. The molecule has 1 unspecified atom stereocenters. The molecule has 0 amide bonds. The van der Waals surface area contributed by atoms with E-state index < -0.39 is 0 Å². The number of nitrogens with zero attached hydrogens (tertiary/aromatic N) is 1. The largest absolute Gasteiger partial charge is 0.314 e. The summed E-state index contributed by atoms with van der Waals surface area (Å²) in [7, 11) is 4.19. The van der Waals surface area contributed by atoms with Gasteiger partial charge in [-0.05, 0) is 51.7 Å². The van der Waals surface area contributed by atoms with Crippen molar-refractivity contribution < 1.29 is 0 Å². The zero-order valence-electron chi connectivity index (χ0n) is 11.3. The highest BCUT2D eigenvalue weighted by Crippen LogP contribution is 2.26. The summed E-state index contributed by atoms with van der Waals surface area (Å²) in [4.78, 5) is 2.20. The lowest BCUT2D eigenvalue weighted by molar-refractivity contribution is 0.358. The highest BCUT2D eigenvalue weighted by atomic mass is 35.5. The Morgan fingerprint density at radius 2 is 2.00 bits per heavy atom. The fraction of sp³-hybridized carbons (Fsp3) is 0.571. The van der Waals surface area contributed by atoms with Crippen LogP contribution in [0.15, 0.2) is 18.2 Å². The third-order valence-corrected chi connectivity index (χ3v) is 3.77. The fourth-order valence-corrected chi connectivity index (χ4v) is 2.35. The van der Waals surface area contributed by atoms with Crippen molar-refractivity contribution in [2.45, 2.75) is 25.8 Å². The highest BCUT2D eigenvalue weighted by molar-refractivity contribution is 6.42. The number of rotatable bonds is 7. The number of nitrogens with one attached hydrogen (secondary N) is 1. The summed E-state index contributed by atoms with van der Waals surface area (Å²) in [6.45, 7) is 4.16. The van der Waals surface area contributed by atoms with Crippen LogP contribution < -0.4 is 5.32 Å². The van der Waals surface area contributed by atoms with Crippen LogP contribution in [-0.2, 0) is 6.42 Å². The molecule has 0 spiro atoms. The van der Waals surface area contributed by atoms with E-state index in [2.05, 4.69) is 31.2 Å². The van der Waals surface area contributed by atoms with Gasteiger partial charge in [-0.1, -0.05) is 42.3 Å². The number of likely N-dealkylation sites (N-methyl/N-ethyl adjacent to an activating group) is 1. The van der Waals surface area contributed by atoms with Gasteiger partial charge in [-0.3, -0.25) is 0 Å². The van der Waals surface area contributed by atoms with Crippen LogP contribution in [0.3, 0.4) is 0 Å². The first kappa shape index (κ1) is 15.8. The Hall–Kier alpha value is -0.280. The molecule has 1 aromatic rings. The molecule has 0 aromatic heterocycles. The second-order valence-corrected chi connectivity index (χ2v) is 5.55. The molecule has 1 atom stereocenters. The summed E-state index contributed by atoms with van der Waals surface area (Å²) in [6, 6.07) is 6.27. The van der Waals surface area contributed by atoms with Crippen LogP contribution >= 0.6 is 23.2 Å². The summed E-state index contributed by atoms with van der Waals surface area (Å²) in [5, 5.41) is 4.83. The highest BCUT2D eigenvalue weighted by Gasteiger charge is 2.12. The average molecular weight is 289 g/mol. The van der Waals surface area contributed by atoms with Crippen molar-refractivity contribution in [1.82, 2.24) is 10.2 Å². The van der Waals surface area contributed by atoms with Gasteiger partial charge in [-0.15, -0.1) is 0 Å². The van der Waals surface area contributed by atoms with E-state index in [1.807, 2.05) is 18.2 Å². The van der Waals surface area contributed by atoms with Crippen molar-refractivity contribution in [2.24, 2.45) is 0 Å². The Morgan fingerprint density at radius 1 is 1.28 bits per heavy atom. The first-order valence-electron chi connectivity index (χ1n) is 6.35. The van der Waals surface area contributed by atoms with E-state index in [0.717, 1.165) is 31.5 Å². The lowest BCUT2D eigenvalue weighted by Gasteiger charge is -2.21. The van der Waals surface area contributed by atoms with Gasteiger partial charge in [0.1, 0.15) is 0 Å². The molecule has 0 bridgehead atoms. The summed E-state index contributed by atoms with van der Waals surface area (Å²) in [5.41, 5.74) is 1.12. The van der Waals surface area contributed by atoms with Gasteiger partial charge < -0.3 is 10.2 Å². The Morgan fingerprint density at radius 3 is 2.61 bits per heavy atom. The summed E-state index contributed by atoms with van der Waals surface area (Å²) in [6.07, 6.45) is 2.02. The molecule has 0 saturated heterocycles. The maximum atomic E-state index is 6.23. The van der Waals surface area contributed by atoms with Crippen LogP contribution in [0.5, 0.6) is 0 Å². The predicted octanol–water partition coefficient (Wildman–Crippen LogP) is 3.47. The van der Waals surface area contributed by atoms with E-state index in [1.54, 1.807) is 0 Å². The lowest BCUT2D eigenvalue weighted by atomic mass is 10.0. The van der Waals surface area contributed by atoms with E-state index in [0.29, 0.717) is 16.1 Å². The maximum Gasteiger partial charge on any atom is 0.0624 e. The molecule has 4 heteroatoms. The molecule has 0 radical (unpaired) electrons. The van der Waals surface area contributed by atoms with Crippen molar-refractivity contribution in [1.29, 1.82) is 0 Å². The van der Waals surface area contributed by atoms with Crippen LogP contribution in [0.2, 0.25) is 10.0 Å². The van der Waals surface area contributed by atoms with Crippen molar-refractivity contribution in [3.05, 3.63) is 33.8 Å². The molecule has 0 aliphatic heterocycles. The van der Waals surface area contributed by atoms with Gasteiger partial charge in [0.25, 0.3) is 0 Å². The smallest absolute Gasteiger partial charge is 0.0624 e. The molecule has 1 rings (SSSR count). The standard InChI is InChI=1S/C14H22Cl2N2/c1-4-17-12(8-9-18(2)3)10-11-6-5-7-13(15)14(11)16/h5-7,12,17H,4,8-10H2,1-3H3. The van der Waals surface area contributed by atoms with Crippen molar-refractivity contribution in [3.8, 4) is 0 Å². The van der Waals surface area contributed by atoms with Gasteiger partial charge in [-0.25, -0.2) is 0 Å². The molecule has 0 aliphatic carbocycles. The van der Waals surface area contributed by atoms with Gasteiger partial charge in [0.2, 0.25) is 0 Å². The third kappa shape index (κ3) is 5.15. The summed E-state index contributed by atoms with van der Waals surface area (Å²) in [5.74, 6) is 0. The fourth-order valence-electron chi connectivity index (χ4n) is 1.95. The first-order chi connectivity index (χ1) is 8.54. The molecule has 1 N–H and O–H groups in total. The minimum atomic E-state index is 0.438. The van der Waals surface area contributed by atoms with E-state index in [1.165, 1.54) is 0 Å². The van der Waals surface area contributed by atoms with Gasteiger partial charge in [-0.2, -0.15) is 0 Å². The van der Waals surface area contributed by atoms with Gasteiger partial charge >= 0.3 is 0 Å². The third-order valence-electron chi connectivity index (χ3n) is 2.92. The van der Waals surface area contributed by atoms with E-state index >= 15 is 0 Å². The Kier molecular flexibility index (Phi) is 7.02. The van der Waals surface area contributed by atoms with Gasteiger partial charge in [0.15, 0.2) is 0 Å². The summed E-state index contributed by atoms with van der Waals surface area (Å²) >= 11 is 12.3. The molecule has 0 saturated carbocycles. The Balaban J connectivity index is 2.67. The molecule has 2 nitrogen and oxygen atoms in total. The Bertz CT molecular complexity index is 367. The predicted molar refractivity (Wildman–Crippen MR) is 80.8 cm³/mol. The molecule has 1 aromatic carbocycles. The second kappa shape index (κ2) is 8.00. The van der Waals surface area contributed by atoms with E-state index in [9.17, 15) is 0 Å². The Labute approximate surface area is 120 Å². The van der Waals surface area contributed by atoms with Crippen molar-refractivity contribution in [2.75, 3.05) is 27.2 Å².